The highest BCUT2D eigenvalue weighted by atomic mass is 32.1. The van der Waals surface area contributed by atoms with E-state index >= 15 is 0 Å². The summed E-state index contributed by atoms with van der Waals surface area (Å²) in [6.07, 6.45) is 6.63. The molecule has 0 aromatic carbocycles. The van der Waals surface area contributed by atoms with Crippen molar-refractivity contribution in [3.05, 3.63) is 22.4 Å². The molecule has 0 aliphatic carbocycles. The number of hydrogen-bond acceptors (Lipinski definition) is 4. The molecule has 4 heterocycles. The van der Waals surface area contributed by atoms with Crippen LogP contribution in [0.5, 0.6) is 0 Å². The van der Waals surface area contributed by atoms with E-state index in [4.69, 9.17) is 0 Å². The fourth-order valence-electron chi connectivity index (χ4n) is 5.28. The van der Waals surface area contributed by atoms with E-state index in [0.717, 1.165) is 31.6 Å². The van der Waals surface area contributed by atoms with Crippen molar-refractivity contribution < 1.29 is 0 Å². The maximum atomic E-state index is 4.62. The van der Waals surface area contributed by atoms with Gasteiger partial charge in [0.15, 0.2) is 5.96 Å². The minimum absolute atomic E-state index is 0.542. The van der Waals surface area contributed by atoms with E-state index in [1.807, 2.05) is 18.4 Å². The van der Waals surface area contributed by atoms with Gasteiger partial charge in [0.2, 0.25) is 0 Å². The van der Waals surface area contributed by atoms with Crippen LogP contribution in [-0.2, 0) is 0 Å². The highest BCUT2D eigenvalue weighted by Crippen LogP contribution is 2.36. The molecular weight excluding hydrogens is 354 g/mol. The van der Waals surface area contributed by atoms with Crippen molar-refractivity contribution in [3.63, 3.8) is 0 Å². The number of nitrogens with one attached hydrogen (secondary N) is 1. The maximum absolute atomic E-state index is 4.62. The zero-order valence-electron chi connectivity index (χ0n) is 16.9. The van der Waals surface area contributed by atoms with Gasteiger partial charge in [0, 0.05) is 43.6 Å². The third-order valence-electron chi connectivity index (χ3n) is 6.70. The molecule has 6 heteroatoms. The predicted molar refractivity (Wildman–Crippen MR) is 115 cm³/mol. The van der Waals surface area contributed by atoms with Gasteiger partial charge in [-0.05, 0) is 76.2 Å². The van der Waals surface area contributed by atoms with Crippen LogP contribution in [0.4, 0.5) is 0 Å². The molecule has 0 spiro atoms. The summed E-state index contributed by atoms with van der Waals surface area (Å²) in [6.45, 7) is 7.09. The SMILES string of the molecule is CN=C(NCC1CCCN(C)C1c1cccs1)N1CCC(N2CCCC2)C1. The monoisotopic (exact) mass is 389 g/mol. The fraction of sp³-hybridized carbons (Fsp3) is 0.762. The average Bonchev–Trinajstić information content (AvgIpc) is 3.43. The van der Waals surface area contributed by atoms with Gasteiger partial charge < -0.3 is 10.2 Å². The topological polar surface area (TPSA) is 34.1 Å². The van der Waals surface area contributed by atoms with Crippen LogP contribution in [0.1, 0.15) is 43.0 Å². The Morgan fingerprint density at radius 2 is 2.04 bits per heavy atom. The summed E-state index contributed by atoms with van der Waals surface area (Å²) in [5.41, 5.74) is 0. The first-order valence-corrected chi connectivity index (χ1v) is 11.6. The van der Waals surface area contributed by atoms with Gasteiger partial charge in [0.05, 0.1) is 0 Å². The summed E-state index contributed by atoms with van der Waals surface area (Å²) in [5.74, 6) is 1.76. The van der Waals surface area contributed by atoms with Gasteiger partial charge in [-0.3, -0.25) is 14.8 Å². The van der Waals surface area contributed by atoms with Crippen LogP contribution in [0.15, 0.2) is 22.5 Å². The van der Waals surface area contributed by atoms with Gasteiger partial charge in [0.1, 0.15) is 0 Å². The molecule has 1 N–H and O–H groups in total. The molecule has 1 aromatic rings. The molecule has 3 aliphatic rings. The Hall–Kier alpha value is -1.11. The molecule has 0 amide bonds. The molecule has 0 saturated carbocycles. The average molecular weight is 390 g/mol. The quantitative estimate of drug-likeness (QED) is 0.634. The lowest BCUT2D eigenvalue weighted by molar-refractivity contribution is 0.124. The van der Waals surface area contributed by atoms with Gasteiger partial charge >= 0.3 is 0 Å². The fourth-order valence-corrected chi connectivity index (χ4v) is 6.26. The van der Waals surface area contributed by atoms with E-state index in [0.29, 0.717) is 12.0 Å². The first-order valence-electron chi connectivity index (χ1n) is 10.7. The smallest absolute Gasteiger partial charge is 0.193 e. The summed E-state index contributed by atoms with van der Waals surface area (Å²) in [7, 11) is 4.22. The lowest BCUT2D eigenvalue weighted by atomic mass is 9.88. The minimum Gasteiger partial charge on any atom is -0.356 e. The van der Waals surface area contributed by atoms with Gasteiger partial charge in [-0.25, -0.2) is 0 Å². The van der Waals surface area contributed by atoms with E-state index < -0.39 is 0 Å². The lowest BCUT2D eigenvalue weighted by Gasteiger charge is -2.39. The van der Waals surface area contributed by atoms with Crippen LogP contribution < -0.4 is 5.32 Å². The summed E-state index contributed by atoms with van der Waals surface area (Å²) < 4.78 is 0. The zero-order chi connectivity index (χ0) is 18.6. The highest BCUT2D eigenvalue weighted by molar-refractivity contribution is 7.10. The Labute approximate surface area is 168 Å². The number of aliphatic imine (C=N–C) groups is 1. The van der Waals surface area contributed by atoms with E-state index in [1.165, 1.54) is 56.6 Å². The lowest BCUT2D eigenvalue weighted by Crippen LogP contribution is -2.46. The van der Waals surface area contributed by atoms with E-state index in [2.05, 4.69) is 49.6 Å². The van der Waals surface area contributed by atoms with Crippen molar-refractivity contribution in [3.8, 4) is 0 Å². The Bertz CT molecular complexity index is 610. The van der Waals surface area contributed by atoms with Crippen LogP contribution in [0.2, 0.25) is 0 Å². The van der Waals surface area contributed by atoms with Gasteiger partial charge in [-0.15, -0.1) is 11.3 Å². The van der Waals surface area contributed by atoms with Gasteiger partial charge in [0.25, 0.3) is 0 Å². The second-order valence-corrected chi connectivity index (χ2v) is 9.38. The van der Waals surface area contributed by atoms with Crippen molar-refractivity contribution in [1.82, 2.24) is 20.0 Å². The van der Waals surface area contributed by atoms with Crippen LogP contribution in [0, 0.1) is 5.92 Å². The first-order chi connectivity index (χ1) is 13.3. The van der Waals surface area contributed by atoms with Gasteiger partial charge in [-0.2, -0.15) is 0 Å². The Morgan fingerprint density at radius 1 is 1.19 bits per heavy atom. The highest BCUT2D eigenvalue weighted by Gasteiger charge is 2.33. The molecule has 1 aromatic heterocycles. The summed E-state index contributed by atoms with van der Waals surface area (Å²) in [6, 6.07) is 5.76. The van der Waals surface area contributed by atoms with E-state index in [9.17, 15) is 0 Å². The molecule has 27 heavy (non-hydrogen) atoms. The molecule has 3 unspecified atom stereocenters. The minimum atomic E-state index is 0.542. The molecule has 3 fully saturated rings. The predicted octanol–water partition coefficient (Wildman–Crippen LogP) is 2.88. The Morgan fingerprint density at radius 3 is 2.78 bits per heavy atom. The normalized spacial score (nSPS) is 31.0. The molecule has 3 aliphatic heterocycles. The third-order valence-corrected chi connectivity index (χ3v) is 7.64. The number of piperidine rings is 1. The Kier molecular flexibility index (Phi) is 6.35. The summed E-state index contributed by atoms with van der Waals surface area (Å²) in [5, 5.41) is 5.95. The number of guanidine groups is 1. The molecule has 0 bridgehead atoms. The molecule has 3 atom stereocenters. The number of nitrogens with zero attached hydrogens (tertiary/aromatic N) is 4. The van der Waals surface area contributed by atoms with Crippen molar-refractivity contribution in [2.24, 2.45) is 10.9 Å². The largest absolute Gasteiger partial charge is 0.356 e. The van der Waals surface area contributed by atoms with E-state index in [-0.39, 0.29) is 0 Å². The van der Waals surface area contributed by atoms with Crippen LogP contribution >= 0.6 is 11.3 Å². The molecule has 5 nitrogen and oxygen atoms in total. The molecule has 4 rings (SSSR count). The first kappa shape index (κ1) is 19.2. The number of rotatable bonds is 4. The van der Waals surface area contributed by atoms with Gasteiger partial charge in [-0.1, -0.05) is 6.07 Å². The van der Waals surface area contributed by atoms with E-state index in [1.54, 1.807) is 0 Å². The number of likely N-dealkylation sites (tertiary alicyclic amines) is 3. The van der Waals surface area contributed by atoms with Crippen LogP contribution in [-0.4, -0.2) is 80.1 Å². The molecule has 0 radical (unpaired) electrons. The second-order valence-electron chi connectivity index (χ2n) is 8.40. The standard InChI is InChI=1S/C21H35N5S/c1-22-21(26-13-9-18(16-26)25-11-3-4-12-25)23-15-17-7-5-10-24(2)20(17)19-8-6-14-27-19/h6,8,14,17-18,20H,3-5,7,9-13,15-16H2,1-2H3,(H,22,23). The van der Waals surface area contributed by atoms with Crippen molar-refractivity contribution in [2.75, 3.05) is 53.4 Å². The molecular formula is C21H35N5S. The number of hydrogen-bond donors (Lipinski definition) is 1. The van der Waals surface area contributed by atoms with Crippen molar-refractivity contribution >= 4 is 17.3 Å². The Balaban J connectivity index is 1.35. The molecule has 3 saturated heterocycles. The van der Waals surface area contributed by atoms with Crippen LogP contribution in [0.3, 0.4) is 0 Å². The summed E-state index contributed by atoms with van der Waals surface area (Å²) >= 11 is 1.90. The van der Waals surface area contributed by atoms with Crippen LogP contribution in [0.25, 0.3) is 0 Å². The zero-order valence-corrected chi connectivity index (χ0v) is 17.8. The number of thiophene rings is 1. The second kappa shape index (κ2) is 8.93. The van der Waals surface area contributed by atoms with Crippen molar-refractivity contribution in [1.29, 1.82) is 0 Å². The third kappa shape index (κ3) is 4.33. The molecule has 150 valence electrons. The van der Waals surface area contributed by atoms with Crippen molar-refractivity contribution in [2.45, 2.75) is 44.2 Å². The summed E-state index contributed by atoms with van der Waals surface area (Å²) in [4.78, 5) is 13.9. The maximum Gasteiger partial charge on any atom is 0.193 e.